The summed E-state index contributed by atoms with van der Waals surface area (Å²) < 4.78 is 0. The molecule has 4 nitrogen and oxygen atoms in total. The summed E-state index contributed by atoms with van der Waals surface area (Å²) in [6, 6.07) is 0. The molecular weight excluding hydrogens is 190 g/mol. The molecule has 0 radical (unpaired) electrons. The maximum Gasteiger partial charge on any atom is 0.219 e. The number of carbonyl (C=O) groups is 1. The molecular formula is C11H19N3O. The molecule has 0 spiro atoms. The van der Waals surface area contributed by atoms with Gasteiger partial charge in [-0.25, -0.2) is 4.99 Å². The molecule has 84 valence electrons. The largest absolute Gasteiger partial charge is 0.358 e. The number of allylic oxidation sites excluding steroid dienone is 1. The molecule has 15 heavy (non-hydrogen) atoms. The molecule has 0 N–H and O–H groups in total. The molecule has 0 bridgehead atoms. The van der Waals surface area contributed by atoms with Crippen molar-refractivity contribution in [2.75, 3.05) is 27.2 Å². The summed E-state index contributed by atoms with van der Waals surface area (Å²) >= 11 is 0. The smallest absolute Gasteiger partial charge is 0.219 e. The lowest BCUT2D eigenvalue weighted by molar-refractivity contribution is -0.127. The number of rotatable bonds is 6. The first-order chi connectivity index (χ1) is 6.99. The highest BCUT2D eigenvalue weighted by Crippen LogP contribution is 1.99. The van der Waals surface area contributed by atoms with Gasteiger partial charge in [0.1, 0.15) is 5.82 Å². The minimum Gasteiger partial charge on any atom is -0.358 e. The number of amides is 1. The van der Waals surface area contributed by atoms with Gasteiger partial charge in [-0.3, -0.25) is 4.79 Å². The highest BCUT2D eigenvalue weighted by molar-refractivity contribution is 5.72. The maximum atomic E-state index is 10.9. The fraction of sp³-hybridized carbons (Fsp3) is 0.455. The second kappa shape index (κ2) is 6.81. The van der Waals surface area contributed by atoms with Gasteiger partial charge >= 0.3 is 0 Å². The Bertz CT molecular complexity index is 271. The van der Waals surface area contributed by atoms with Crippen molar-refractivity contribution in [3.05, 3.63) is 25.1 Å². The Hall–Kier alpha value is -1.58. The lowest BCUT2D eigenvalue weighted by Crippen LogP contribution is -2.32. The molecule has 0 aromatic carbocycles. The fourth-order valence-electron chi connectivity index (χ4n) is 0.824. The van der Waals surface area contributed by atoms with Crippen LogP contribution < -0.4 is 0 Å². The van der Waals surface area contributed by atoms with Crippen LogP contribution in [0.4, 0.5) is 0 Å². The number of aliphatic imine (C=N–C) groups is 1. The topological polar surface area (TPSA) is 35.9 Å². The first kappa shape index (κ1) is 13.4. The van der Waals surface area contributed by atoms with Gasteiger partial charge in [-0.1, -0.05) is 19.2 Å². The van der Waals surface area contributed by atoms with Crippen molar-refractivity contribution in [2.24, 2.45) is 4.99 Å². The van der Waals surface area contributed by atoms with E-state index in [9.17, 15) is 4.79 Å². The highest BCUT2D eigenvalue weighted by Gasteiger charge is 2.04. The Balaban J connectivity index is 3.98. The van der Waals surface area contributed by atoms with E-state index in [2.05, 4.69) is 18.2 Å². The van der Waals surface area contributed by atoms with Crippen molar-refractivity contribution in [2.45, 2.75) is 6.92 Å². The van der Waals surface area contributed by atoms with Gasteiger partial charge in [0.05, 0.1) is 0 Å². The number of likely N-dealkylation sites (N-methyl/N-ethyl adjacent to an activating group) is 2. The van der Waals surface area contributed by atoms with Crippen LogP contribution in [0.5, 0.6) is 0 Å². The van der Waals surface area contributed by atoms with E-state index < -0.39 is 0 Å². The monoisotopic (exact) mass is 209 g/mol. The van der Waals surface area contributed by atoms with E-state index in [1.165, 1.54) is 0 Å². The predicted molar refractivity (Wildman–Crippen MR) is 63.8 cm³/mol. The molecule has 0 aliphatic heterocycles. The van der Waals surface area contributed by atoms with Crippen LogP contribution in [-0.2, 0) is 4.79 Å². The van der Waals surface area contributed by atoms with Gasteiger partial charge in [0.2, 0.25) is 5.91 Å². The van der Waals surface area contributed by atoms with E-state index in [1.54, 1.807) is 31.2 Å². The molecule has 1 amide bonds. The molecule has 0 atom stereocenters. The van der Waals surface area contributed by atoms with E-state index in [0.29, 0.717) is 18.9 Å². The van der Waals surface area contributed by atoms with Crippen molar-refractivity contribution in [3.8, 4) is 0 Å². The fourth-order valence-corrected chi connectivity index (χ4v) is 0.824. The zero-order valence-electron chi connectivity index (χ0n) is 9.73. The zero-order chi connectivity index (χ0) is 11.8. The first-order valence-electron chi connectivity index (χ1n) is 4.76. The average Bonchev–Trinajstić information content (AvgIpc) is 2.21. The van der Waals surface area contributed by atoms with Gasteiger partial charge in [0.25, 0.3) is 0 Å². The van der Waals surface area contributed by atoms with E-state index in [0.717, 1.165) is 0 Å². The third-order valence-electron chi connectivity index (χ3n) is 2.08. The van der Waals surface area contributed by atoms with Crippen LogP contribution in [0.2, 0.25) is 0 Å². The normalized spacial score (nSPS) is 10.1. The van der Waals surface area contributed by atoms with Crippen LogP contribution >= 0.6 is 0 Å². The molecule has 0 aliphatic carbocycles. The number of carbonyl (C=O) groups excluding carboxylic acids is 1. The standard InChI is InChI=1S/C11H19N3O/c1-6-7-12-10(2)13(4)8-9-14(5)11(3)15/h6-7H,1-2,8-9H2,3-5H3/b12-7-. The Morgan fingerprint density at radius 2 is 1.87 bits per heavy atom. The Morgan fingerprint density at radius 3 is 2.33 bits per heavy atom. The predicted octanol–water partition coefficient (Wildman–Crippen LogP) is 1.12. The van der Waals surface area contributed by atoms with Gasteiger partial charge in [-0.05, 0) is 0 Å². The van der Waals surface area contributed by atoms with Gasteiger partial charge < -0.3 is 9.80 Å². The molecule has 0 aromatic heterocycles. The van der Waals surface area contributed by atoms with E-state index in [1.807, 2.05) is 11.9 Å². The molecule has 0 unspecified atom stereocenters. The summed E-state index contributed by atoms with van der Waals surface area (Å²) in [6.45, 7) is 10.2. The Kier molecular flexibility index (Phi) is 6.09. The third-order valence-corrected chi connectivity index (χ3v) is 2.08. The van der Waals surface area contributed by atoms with Gasteiger partial charge in [0.15, 0.2) is 0 Å². The summed E-state index contributed by atoms with van der Waals surface area (Å²) in [7, 11) is 3.66. The van der Waals surface area contributed by atoms with Crippen molar-refractivity contribution >= 4 is 12.1 Å². The number of hydrogen-bond donors (Lipinski definition) is 0. The molecule has 0 aliphatic rings. The molecule has 0 saturated heterocycles. The van der Waals surface area contributed by atoms with Crippen molar-refractivity contribution in [1.29, 1.82) is 0 Å². The zero-order valence-corrected chi connectivity index (χ0v) is 9.73. The van der Waals surface area contributed by atoms with E-state index in [4.69, 9.17) is 0 Å². The van der Waals surface area contributed by atoms with E-state index in [-0.39, 0.29) is 5.91 Å². The van der Waals surface area contributed by atoms with E-state index >= 15 is 0 Å². The SMILES string of the molecule is C=C/C=N\C(=C)N(C)CCN(C)C(C)=O. The first-order valence-corrected chi connectivity index (χ1v) is 4.76. The molecule has 0 aromatic rings. The van der Waals surface area contributed by atoms with Crippen LogP contribution in [0.25, 0.3) is 0 Å². The Morgan fingerprint density at radius 1 is 1.33 bits per heavy atom. The molecule has 0 heterocycles. The van der Waals surface area contributed by atoms with Gasteiger partial charge in [-0.2, -0.15) is 0 Å². The molecule has 0 saturated carbocycles. The minimum absolute atomic E-state index is 0.0589. The average molecular weight is 209 g/mol. The number of hydrogen-bond acceptors (Lipinski definition) is 3. The van der Waals surface area contributed by atoms with Crippen LogP contribution in [-0.4, -0.2) is 49.1 Å². The third kappa shape index (κ3) is 5.67. The maximum absolute atomic E-state index is 10.9. The summed E-state index contributed by atoms with van der Waals surface area (Å²) in [6.07, 6.45) is 3.19. The van der Waals surface area contributed by atoms with Crippen molar-refractivity contribution in [3.63, 3.8) is 0 Å². The summed E-state index contributed by atoms with van der Waals surface area (Å²) in [5, 5.41) is 0. The van der Waals surface area contributed by atoms with Crippen molar-refractivity contribution in [1.82, 2.24) is 9.80 Å². The summed E-state index contributed by atoms with van der Waals surface area (Å²) in [4.78, 5) is 18.5. The second-order valence-electron chi connectivity index (χ2n) is 3.29. The summed E-state index contributed by atoms with van der Waals surface area (Å²) in [5.74, 6) is 0.718. The minimum atomic E-state index is 0.0589. The van der Waals surface area contributed by atoms with Crippen LogP contribution in [0.3, 0.4) is 0 Å². The van der Waals surface area contributed by atoms with Gasteiger partial charge in [-0.15, -0.1) is 0 Å². The second-order valence-corrected chi connectivity index (χ2v) is 3.29. The lowest BCUT2D eigenvalue weighted by Gasteiger charge is -2.22. The quantitative estimate of drug-likeness (QED) is 0.615. The van der Waals surface area contributed by atoms with Crippen LogP contribution in [0.15, 0.2) is 30.0 Å². The molecule has 0 rings (SSSR count). The lowest BCUT2D eigenvalue weighted by atomic mass is 10.4. The highest BCUT2D eigenvalue weighted by atomic mass is 16.2. The molecule has 4 heteroatoms. The van der Waals surface area contributed by atoms with Gasteiger partial charge in [0, 0.05) is 40.3 Å². The van der Waals surface area contributed by atoms with Crippen molar-refractivity contribution < 1.29 is 4.79 Å². The van der Waals surface area contributed by atoms with Crippen LogP contribution in [0, 0.1) is 0 Å². The Labute approximate surface area is 91.6 Å². The summed E-state index contributed by atoms with van der Waals surface area (Å²) in [5.41, 5.74) is 0. The number of nitrogens with zero attached hydrogens (tertiary/aromatic N) is 3. The molecule has 0 fully saturated rings. The van der Waals surface area contributed by atoms with Crippen LogP contribution in [0.1, 0.15) is 6.92 Å².